The molecule has 4 rings (SSSR count). The van der Waals surface area contributed by atoms with Crippen molar-refractivity contribution in [2.45, 2.75) is 51.1 Å². The Morgan fingerprint density at radius 2 is 1.66 bits per heavy atom. The van der Waals surface area contributed by atoms with Crippen molar-refractivity contribution >= 4 is 38.7 Å². The Morgan fingerprint density at radius 1 is 1.00 bits per heavy atom. The van der Waals surface area contributed by atoms with Crippen LogP contribution < -0.4 is 9.80 Å². The van der Waals surface area contributed by atoms with E-state index in [1.807, 2.05) is 31.2 Å². The van der Waals surface area contributed by atoms with Crippen molar-refractivity contribution in [3.63, 3.8) is 0 Å². The normalized spacial score (nSPS) is 13.7. The van der Waals surface area contributed by atoms with Gasteiger partial charge in [0.2, 0.25) is 5.91 Å². The minimum absolute atomic E-state index is 0.0134. The Bertz CT molecular complexity index is 1430. The molecule has 1 aliphatic carbocycles. The lowest BCUT2D eigenvalue weighted by molar-refractivity contribution is -0.115. The molecule has 2 aromatic carbocycles. The van der Waals surface area contributed by atoms with Crippen molar-refractivity contribution in [2.24, 2.45) is 5.92 Å². The summed E-state index contributed by atoms with van der Waals surface area (Å²) in [5.74, 6) is -0.374. The number of hydrogen-bond donors (Lipinski definition) is 1. The molecule has 9 heteroatoms. The lowest BCUT2D eigenvalue weighted by Crippen LogP contribution is -2.50. The number of pyridine rings is 1. The standard InChI is InChI=1S/C29H33N3O5S/c1-20-8-12-24(13-9-20)32(29(3,4)19-33)28(35)23-6-5-7-25(16-23)31(21(2)34)26-14-15-27(30-17-26)38(36,37)18-22-10-11-22/h5-9,12-17,22,33H,10-11,18-19H2,1-4H3. The SMILES string of the molecule is CC(=O)N(c1ccc(S(=O)(=O)CC2CC2)nc1)c1cccc(C(=O)N(c2ccc(C)cc2)C(C)(C)CO)c1. The van der Waals surface area contributed by atoms with Crippen LogP contribution in [0.5, 0.6) is 0 Å². The molecule has 0 radical (unpaired) electrons. The molecule has 1 heterocycles. The monoisotopic (exact) mass is 535 g/mol. The highest BCUT2D eigenvalue weighted by molar-refractivity contribution is 7.91. The fourth-order valence-electron chi connectivity index (χ4n) is 4.29. The van der Waals surface area contributed by atoms with Crippen LogP contribution in [0.2, 0.25) is 0 Å². The second kappa shape index (κ2) is 10.7. The molecular formula is C29H33N3O5S. The summed E-state index contributed by atoms with van der Waals surface area (Å²) in [7, 11) is -3.48. The highest BCUT2D eigenvalue weighted by Crippen LogP contribution is 2.33. The van der Waals surface area contributed by atoms with Gasteiger partial charge in [0.25, 0.3) is 5.91 Å². The maximum Gasteiger partial charge on any atom is 0.258 e. The van der Waals surface area contributed by atoms with Crippen LogP contribution in [-0.2, 0) is 14.6 Å². The van der Waals surface area contributed by atoms with Crippen LogP contribution in [0.1, 0.15) is 49.5 Å². The van der Waals surface area contributed by atoms with E-state index in [1.54, 1.807) is 49.1 Å². The first kappa shape index (κ1) is 27.5. The lowest BCUT2D eigenvalue weighted by atomic mass is 10.00. The van der Waals surface area contributed by atoms with Crippen LogP contribution in [0.3, 0.4) is 0 Å². The van der Waals surface area contributed by atoms with Crippen LogP contribution in [0.4, 0.5) is 17.1 Å². The second-order valence-corrected chi connectivity index (χ2v) is 12.4. The van der Waals surface area contributed by atoms with Crippen molar-refractivity contribution in [2.75, 3.05) is 22.2 Å². The van der Waals surface area contributed by atoms with Crippen LogP contribution >= 0.6 is 0 Å². The number of amides is 2. The summed E-state index contributed by atoms with van der Waals surface area (Å²) in [6.45, 7) is 6.64. The third kappa shape index (κ3) is 5.95. The molecule has 3 aromatic rings. The summed E-state index contributed by atoms with van der Waals surface area (Å²) in [6, 6.07) is 17.1. The number of aryl methyl sites for hydroxylation is 1. The largest absolute Gasteiger partial charge is 0.394 e. The first-order valence-electron chi connectivity index (χ1n) is 12.5. The molecule has 200 valence electrons. The summed E-state index contributed by atoms with van der Waals surface area (Å²) < 4.78 is 25.2. The first-order chi connectivity index (χ1) is 17.9. The molecule has 0 bridgehead atoms. The molecule has 0 atom stereocenters. The van der Waals surface area contributed by atoms with E-state index in [2.05, 4.69) is 4.98 Å². The number of carbonyl (C=O) groups is 2. The number of aromatic nitrogens is 1. The van der Waals surface area contributed by atoms with Crippen molar-refractivity contribution in [1.29, 1.82) is 0 Å². The summed E-state index contributed by atoms with van der Waals surface area (Å²) in [4.78, 5) is 33.6. The van der Waals surface area contributed by atoms with Crippen molar-refractivity contribution in [3.05, 3.63) is 78.0 Å². The average Bonchev–Trinajstić information content (AvgIpc) is 3.69. The Labute approximate surface area is 223 Å². The van der Waals surface area contributed by atoms with Gasteiger partial charge in [0, 0.05) is 23.9 Å². The lowest BCUT2D eigenvalue weighted by Gasteiger charge is -2.37. The number of anilines is 3. The molecule has 1 saturated carbocycles. The van der Waals surface area contributed by atoms with Gasteiger partial charge in [-0.25, -0.2) is 13.4 Å². The van der Waals surface area contributed by atoms with Gasteiger partial charge in [-0.05, 0) is 82.0 Å². The van der Waals surface area contributed by atoms with Gasteiger partial charge in [0.15, 0.2) is 14.9 Å². The quantitative estimate of drug-likeness (QED) is 0.426. The van der Waals surface area contributed by atoms with Crippen LogP contribution in [0.15, 0.2) is 71.9 Å². The number of sulfone groups is 1. The molecule has 1 aromatic heterocycles. The molecule has 0 unspecified atom stereocenters. The number of benzene rings is 2. The Kier molecular flexibility index (Phi) is 7.71. The van der Waals surface area contributed by atoms with E-state index in [4.69, 9.17) is 0 Å². The molecule has 0 spiro atoms. The van der Waals surface area contributed by atoms with E-state index >= 15 is 0 Å². The zero-order valence-electron chi connectivity index (χ0n) is 22.1. The van der Waals surface area contributed by atoms with E-state index in [9.17, 15) is 23.1 Å². The number of nitrogens with zero attached hydrogens (tertiary/aromatic N) is 3. The average molecular weight is 536 g/mol. The highest BCUT2D eigenvalue weighted by Gasteiger charge is 2.33. The molecule has 1 fully saturated rings. The number of rotatable bonds is 9. The molecule has 0 saturated heterocycles. The third-order valence-electron chi connectivity index (χ3n) is 6.60. The molecule has 0 aliphatic heterocycles. The van der Waals surface area contributed by atoms with E-state index in [1.165, 1.54) is 24.1 Å². The predicted octanol–water partition coefficient (Wildman–Crippen LogP) is 4.68. The highest BCUT2D eigenvalue weighted by atomic mass is 32.2. The van der Waals surface area contributed by atoms with Gasteiger partial charge < -0.3 is 10.0 Å². The maximum absolute atomic E-state index is 13.8. The van der Waals surface area contributed by atoms with Gasteiger partial charge in [-0.1, -0.05) is 23.8 Å². The van der Waals surface area contributed by atoms with Crippen LogP contribution in [0, 0.1) is 12.8 Å². The minimum Gasteiger partial charge on any atom is -0.394 e. The Balaban J connectivity index is 1.68. The number of hydrogen-bond acceptors (Lipinski definition) is 6. The Morgan fingerprint density at radius 3 is 2.21 bits per heavy atom. The van der Waals surface area contributed by atoms with Gasteiger partial charge in [0.05, 0.1) is 29.8 Å². The van der Waals surface area contributed by atoms with E-state index in [0.717, 1.165) is 18.4 Å². The van der Waals surface area contributed by atoms with Gasteiger partial charge in [-0.15, -0.1) is 0 Å². The number of aliphatic hydroxyl groups is 1. The van der Waals surface area contributed by atoms with Crippen molar-refractivity contribution in [1.82, 2.24) is 4.98 Å². The van der Waals surface area contributed by atoms with Crippen LogP contribution in [-0.4, -0.2) is 48.2 Å². The van der Waals surface area contributed by atoms with E-state index in [-0.39, 0.29) is 35.1 Å². The topological polar surface area (TPSA) is 108 Å². The fraction of sp³-hybridized carbons (Fsp3) is 0.345. The Hall–Kier alpha value is -3.56. The summed E-state index contributed by atoms with van der Waals surface area (Å²) in [6.07, 6.45) is 3.20. The molecule has 1 aliphatic rings. The molecule has 38 heavy (non-hydrogen) atoms. The van der Waals surface area contributed by atoms with Gasteiger partial charge in [-0.2, -0.15) is 0 Å². The number of aliphatic hydroxyl groups excluding tert-OH is 1. The summed E-state index contributed by atoms with van der Waals surface area (Å²) >= 11 is 0. The first-order valence-corrected chi connectivity index (χ1v) is 14.2. The zero-order valence-corrected chi connectivity index (χ0v) is 22.9. The van der Waals surface area contributed by atoms with E-state index in [0.29, 0.717) is 22.6 Å². The smallest absolute Gasteiger partial charge is 0.258 e. The van der Waals surface area contributed by atoms with Gasteiger partial charge in [0.1, 0.15) is 0 Å². The van der Waals surface area contributed by atoms with Crippen molar-refractivity contribution < 1.29 is 23.1 Å². The van der Waals surface area contributed by atoms with Gasteiger partial charge >= 0.3 is 0 Å². The zero-order chi connectivity index (χ0) is 27.7. The molecule has 8 nitrogen and oxygen atoms in total. The third-order valence-corrected chi connectivity index (χ3v) is 8.39. The molecule has 1 N–H and O–H groups in total. The molecule has 2 amide bonds. The second-order valence-electron chi connectivity index (χ2n) is 10.4. The van der Waals surface area contributed by atoms with Gasteiger partial charge in [-0.3, -0.25) is 14.5 Å². The minimum atomic E-state index is -3.48. The van der Waals surface area contributed by atoms with E-state index < -0.39 is 15.4 Å². The molecular weight excluding hydrogens is 502 g/mol. The fourth-order valence-corrected chi connectivity index (χ4v) is 5.91. The summed E-state index contributed by atoms with van der Waals surface area (Å²) in [5.41, 5.74) is 1.94. The number of carbonyl (C=O) groups excluding carboxylic acids is 2. The van der Waals surface area contributed by atoms with Crippen LogP contribution in [0.25, 0.3) is 0 Å². The predicted molar refractivity (Wildman–Crippen MR) is 147 cm³/mol. The maximum atomic E-state index is 13.8. The van der Waals surface area contributed by atoms with Crippen molar-refractivity contribution in [3.8, 4) is 0 Å². The summed E-state index contributed by atoms with van der Waals surface area (Å²) in [5, 5.41) is 10.1.